The Bertz CT molecular complexity index is 258. The Morgan fingerprint density at radius 2 is 2.00 bits per heavy atom. The minimum absolute atomic E-state index is 0.253. The Morgan fingerprint density at radius 3 is 2.47 bits per heavy atom. The number of hydrogen-bond acceptors (Lipinski definition) is 2. The van der Waals surface area contributed by atoms with Gasteiger partial charge in [0.25, 0.3) is 0 Å². The average molecular weight is 238 g/mol. The summed E-state index contributed by atoms with van der Waals surface area (Å²) >= 11 is 0. The van der Waals surface area contributed by atoms with Crippen LogP contribution in [0, 0.1) is 11.3 Å². The van der Waals surface area contributed by atoms with Gasteiger partial charge in [-0.1, -0.05) is 33.1 Å². The number of hydrogen-bond donors (Lipinski definition) is 1. The number of likely N-dealkylation sites (tertiary alicyclic amines) is 1. The third-order valence-corrected chi connectivity index (χ3v) is 5.06. The molecule has 1 aliphatic heterocycles. The van der Waals surface area contributed by atoms with Crippen molar-refractivity contribution in [3.8, 4) is 0 Å². The lowest BCUT2D eigenvalue weighted by molar-refractivity contribution is 0.00693. The Hall–Kier alpha value is -0.0800. The van der Waals surface area contributed by atoms with Gasteiger partial charge in [-0.2, -0.15) is 0 Å². The van der Waals surface area contributed by atoms with Gasteiger partial charge in [0.1, 0.15) is 0 Å². The molecule has 100 valence electrons. The van der Waals surface area contributed by atoms with Crippen LogP contribution in [0.15, 0.2) is 0 Å². The van der Waals surface area contributed by atoms with Crippen molar-refractivity contribution in [1.82, 2.24) is 4.90 Å². The van der Waals surface area contributed by atoms with Crippen molar-refractivity contribution in [1.29, 1.82) is 0 Å². The molecule has 0 aromatic heterocycles. The first-order chi connectivity index (χ1) is 7.95. The Balaban J connectivity index is 1.99. The highest BCUT2D eigenvalue weighted by molar-refractivity contribution is 4.95. The molecule has 1 atom stereocenters. The minimum atomic E-state index is 0.253. The van der Waals surface area contributed by atoms with Crippen molar-refractivity contribution < 1.29 is 0 Å². The zero-order valence-corrected chi connectivity index (χ0v) is 12.0. The third kappa shape index (κ3) is 3.03. The number of piperidine rings is 1. The maximum Gasteiger partial charge on any atom is 0.0306 e. The van der Waals surface area contributed by atoms with Gasteiger partial charge in [-0.15, -0.1) is 0 Å². The van der Waals surface area contributed by atoms with Crippen molar-refractivity contribution in [3.05, 3.63) is 0 Å². The zero-order chi connectivity index (χ0) is 12.5. The van der Waals surface area contributed by atoms with E-state index in [1.54, 1.807) is 0 Å². The molecular formula is C15H30N2. The second kappa shape index (κ2) is 4.89. The van der Waals surface area contributed by atoms with Gasteiger partial charge < -0.3 is 5.73 Å². The molecular weight excluding hydrogens is 208 g/mol. The van der Waals surface area contributed by atoms with E-state index >= 15 is 0 Å². The van der Waals surface area contributed by atoms with Crippen LogP contribution >= 0.6 is 0 Å². The summed E-state index contributed by atoms with van der Waals surface area (Å²) in [6.07, 6.45) is 8.34. The van der Waals surface area contributed by atoms with Crippen LogP contribution in [0.25, 0.3) is 0 Å². The molecule has 2 aliphatic rings. The summed E-state index contributed by atoms with van der Waals surface area (Å²) in [6, 6.07) is 0. The van der Waals surface area contributed by atoms with Crippen LogP contribution in [-0.4, -0.2) is 30.1 Å². The van der Waals surface area contributed by atoms with Gasteiger partial charge in [-0.25, -0.2) is 0 Å². The first kappa shape index (κ1) is 13.4. The summed E-state index contributed by atoms with van der Waals surface area (Å²) in [4.78, 5) is 2.69. The lowest BCUT2D eigenvalue weighted by atomic mass is 9.74. The Kier molecular flexibility index (Phi) is 3.84. The summed E-state index contributed by atoms with van der Waals surface area (Å²) < 4.78 is 0. The maximum absolute atomic E-state index is 6.11. The van der Waals surface area contributed by atoms with E-state index in [0.717, 1.165) is 12.5 Å². The molecule has 0 spiro atoms. The fraction of sp³-hybridized carbons (Fsp3) is 1.00. The van der Waals surface area contributed by atoms with E-state index in [2.05, 4.69) is 25.7 Å². The van der Waals surface area contributed by atoms with E-state index in [9.17, 15) is 0 Å². The van der Waals surface area contributed by atoms with Gasteiger partial charge in [0.05, 0.1) is 0 Å². The van der Waals surface area contributed by atoms with Crippen LogP contribution in [-0.2, 0) is 0 Å². The van der Waals surface area contributed by atoms with Crippen LogP contribution in [0.5, 0.6) is 0 Å². The maximum atomic E-state index is 6.11. The van der Waals surface area contributed by atoms with Gasteiger partial charge in [0, 0.05) is 18.6 Å². The largest absolute Gasteiger partial charge is 0.329 e. The predicted octanol–water partition coefficient (Wildman–Crippen LogP) is 3.02. The van der Waals surface area contributed by atoms with Gasteiger partial charge in [0.2, 0.25) is 0 Å². The molecule has 2 nitrogen and oxygen atoms in total. The molecule has 0 amide bonds. The lowest BCUT2D eigenvalue weighted by Crippen LogP contribution is -2.57. The second-order valence-electron chi connectivity index (χ2n) is 7.39. The standard InChI is InChI=1S/C15H30N2/c1-14(2)8-5-9-17(12-14)15(3,11-16)10-13-6-4-7-13/h13H,4-12,16H2,1-3H3. The SMILES string of the molecule is CC1(C)CCCN(C(C)(CN)CC2CCC2)C1. The number of nitrogens with two attached hydrogens (primary N) is 1. The van der Waals surface area contributed by atoms with E-state index in [1.165, 1.54) is 51.6 Å². The van der Waals surface area contributed by atoms with Crippen LogP contribution in [0.3, 0.4) is 0 Å². The fourth-order valence-electron chi connectivity index (χ4n) is 3.54. The van der Waals surface area contributed by atoms with E-state index in [4.69, 9.17) is 5.73 Å². The first-order valence-electron chi connectivity index (χ1n) is 7.40. The summed E-state index contributed by atoms with van der Waals surface area (Å²) in [5.74, 6) is 0.952. The molecule has 0 radical (unpaired) electrons. The van der Waals surface area contributed by atoms with Crippen molar-refractivity contribution >= 4 is 0 Å². The quantitative estimate of drug-likeness (QED) is 0.816. The van der Waals surface area contributed by atoms with Crippen molar-refractivity contribution in [2.24, 2.45) is 17.1 Å². The molecule has 2 fully saturated rings. The molecule has 17 heavy (non-hydrogen) atoms. The van der Waals surface area contributed by atoms with Gasteiger partial charge in [0.15, 0.2) is 0 Å². The minimum Gasteiger partial charge on any atom is -0.329 e. The Labute approximate surface area is 107 Å². The summed E-state index contributed by atoms with van der Waals surface area (Å²) in [5, 5.41) is 0. The van der Waals surface area contributed by atoms with Crippen LogP contribution in [0.1, 0.15) is 59.3 Å². The molecule has 2 N–H and O–H groups in total. The molecule has 0 bridgehead atoms. The normalized spacial score (nSPS) is 29.6. The molecule has 1 saturated heterocycles. The Morgan fingerprint density at radius 1 is 1.29 bits per heavy atom. The molecule has 2 rings (SSSR count). The van der Waals surface area contributed by atoms with E-state index in [-0.39, 0.29) is 5.54 Å². The van der Waals surface area contributed by atoms with Gasteiger partial charge >= 0.3 is 0 Å². The fourth-order valence-corrected chi connectivity index (χ4v) is 3.54. The zero-order valence-electron chi connectivity index (χ0n) is 12.0. The van der Waals surface area contributed by atoms with E-state index < -0.39 is 0 Å². The highest BCUT2D eigenvalue weighted by Gasteiger charge is 2.39. The second-order valence-corrected chi connectivity index (χ2v) is 7.39. The highest BCUT2D eigenvalue weighted by Crippen LogP contribution is 2.39. The molecule has 1 heterocycles. The third-order valence-electron chi connectivity index (χ3n) is 5.06. The summed E-state index contributed by atoms with van der Waals surface area (Å²) in [6.45, 7) is 10.5. The molecule has 2 heteroatoms. The van der Waals surface area contributed by atoms with E-state index in [1.807, 2.05) is 0 Å². The number of rotatable bonds is 4. The number of nitrogens with zero attached hydrogens (tertiary/aromatic N) is 1. The van der Waals surface area contributed by atoms with Crippen LogP contribution < -0.4 is 5.73 Å². The molecule has 1 saturated carbocycles. The predicted molar refractivity (Wildman–Crippen MR) is 74.0 cm³/mol. The molecule has 0 aromatic rings. The highest BCUT2D eigenvalue weighted by atomic mass is 15.2. The first-order valence-corrected chi connectivity index (χ1v) is 7.40. The van der Waals surface area contributed by atoms with Crippen molar-refractivity contribution in [2.45, 2.75) is 64.8 Å². The van der Waals surface area contributed by atoms with Gasteiger partial charge in [-0.05, 0) is 44.1 Å². The average Bonchev–Trinajstić information content (AvgIpc) is 2.22. The monoisotopic (exact) mass is 238 g/mol. The van der Waals surface area contributed by atoms with Crippen LogP contribution in [0.2, 0.25) is 0 Å². The van der Waals surface area contributed by atoms with E-state index in [0.29, 0.717) is 5.41 Å². The smallest absolute Gasteiger partial charge is 0.0306 e. The topological polar surface area (TPSA) is 29.3 Å². The molecule has 0 aromatic carbocycles. The van der Waals surface area contributed by atoms with Crippen LogP contribution in [0.4, 0.5) is 0 Å². The summed E-state index contributed by atoms with van der Waals surface area (Å²) in [7, 11) is 0. The summed E-state index contributed by atoms with van der Waals surface area (Å²) in [5.41, 5.74) is 6.85. The lowest BCUT2D eigenvalue weighted by Gasteiger charge is -2.50. The molecule has 1 aliphatic carbocycles. The molecule has 1 unspecified atom stereocenters. The van der Waals surface area contributed by atoms with Crippen molar-refractivity contribution in [2.75, 3.05) is 19.6 Å². The van der Waals surface area contributed by atoms with Crippen molar-refractivity contribution in [3.63, 3.8) is 0 Å². The van der Waals surface area contributed by atoms with Gasteiger partial charge in [-0.3, -0.25) is 4.90 Å².